The van der Waals surface area contributed by atoms with Crippen LogP contribution >= 0.6 is 0 Å². The molecule has 0 aromatic heterocycles. The van der Waals surface area contributed by atoms with Crippen molar-refractivity contribution < 1.29 is 9.47 Å². The SMILES string of the molecule is C=CCCCCCCCCCC(C#N)(C#N)OCCOCC. The van der Waals surface area contributed by atoms with Gasteiger partial charge in [-0.3, -0.25) is 0 Å². The number of unbranched alkanes of at least 4 members (excludes halogenated alkanes) is 7. The lowest BCUT2D eigenvalue weighted by Crippen LogP contribution is -2.30. The molecular weight excluding hydrogens is 276 g/mol. The summed E-state index contributed by atoms with van der Waals surface area (Å²) in [6.07, 6.45) is 11.5. The molecule has 0 aromatic carbocycles. The van der Waals surface area contributed by atoms with Crippen molar-refractivity contribution in [1.82, 2.24) is 0 Å². The fraction of sp³-hybridized carbons (Fsp3) is 0.778. The second-order valence-electron chi connectivity index (χ2n) is 5.40. The van der Waals surface area contributed by atoms with Crippen LogP contribution in [0.3, 0.4) is 0 Å². The maximum atomic E-state index is 9.21. The number of nitrogens with zero attached hydrogens (tertiary/aromatic N) is 2. The van der Waals surface area contributed by atoms with Gasteiger partial charge in [-0.15, -0.1) is 6.58 Å². The van der Waals surface area contributed by atoms with Crippen LogP contribution in [0.5, 0.6) is 0 Å². The molecule has 0 aliphatic rings. The lowest BCUT2D eigenvalue weighted by atomic mass is 9.98. The van der Waals surface area contributed by atoms with Crippen LogP contribution in [0, 0.1) is 22.7 Å². The van der Waals surface area contributed by atoms with Crippen LogP contribution in [0.1, 0.15) is 64.7 Å². The first kappa shape index (κ1) is 20.6. The van der Waals surface area contributed by atoms with Gasteiger partial charge in [-0.25, -0.2) is 0 Å². The van der Waals surface area contributed by atoms with Crippen molar-refractivity contribution in [2.45, 2.75) is 70.3 Å². The van der Waals surface area contributed by atoms with Crippen LogP contribution < -0.4 is 0 Å². The molecule has 0 unspecified atom stereocenters. The summed E-state index contributed by atoms with van der Waals surface area (Å²) in [6, 6.07) is 4.04. The zero-order valence-corrected chi connectivity index (χ0v) is 14.0. The number of allylic oxidation sites excluding steroid dienone is 1. The van der Waals surface area contributed by atoms with Crippen molar-refractivity contribution in [1.29, 1.82) is 10.5 Å². The Labute approximate surface area is 135 Å². The minimum absolute atomic E-state index is 0.290. The molecule has 0 fully saturated rings. The molecular formula is C18H30N2O2. The van der Waals surface area contributed by atoms with Gasteiger partial charge in [0, 0.05) is 13.0 Å². The Kier molecular flexibility index (Phi) is 13.7. The highest BCUT2D eigenvalue weighted by Gasteiger charge is 2.30. The fourth-order valence-corrected chi connectivity index (χ4v) is 2.24. The van der Waals surface area contributed by atoms with E-state index in [2.05, 4.69) is 6.58 Å². The van der Waals surface area contributed by atoms with E-state index in [-0.39, 0.29) is 6.61 Å². The maximum Gasteiger partial charge on any atom is 0.241 e. The Morgan fingerprint density at radius 2 is 1.55 bits per heavy atom. The Bertz CT molecular complexity index is 341. The van der Waals surface area contributed by atoms with Gasteiger partial charge >= 0.3 is 0 Å². The molecule has 0 aliphatic carbocycles. The molecule has 124 valence electrons. The van der Waals surface area contributed by atoms with Crippen molar-refractivity contribution in [2.75, 3.05) is 19.8 Å². The second kappa shape index (κ2) is 14.6. The van der Waals surface area contributed by atoms with Crippen LogP contribution in [0.2, 0.25) is 0 Å². The Balaban J connectivity index is 3.75. The zero-order valence-electron chi connectivity index (χ0n) is 14.0. The normalized spacial score (nSPS) is 10.9. The molecule has 0 aromatic rings. The minimum atomic E-state index is -1.30. The van der Waals surface area contributed by atoms with Gasteiger partial charge < -0.3 is 9.47 Å². The van der Waals surface area contributed by atoms with E-state index in [4.69, 9.17) is 9.47 Å². The largest absolute Gasteiger partial charge is 0.379 e. The number of hydrogen-bond acceptors (Lipinski definition) is 4. The average molecular weight is 306 g/mol. The highest BCUT2D eigenvalue weighted by atomic mass is 16.5. The Morgan fingerprint density at radius 3 is 2.09 bits per heavy atom. The summed E-state index contributed by atoms with van der Waals surface area (Å²) in [7, 11) is 0. The molecule has 4 nitrogen and oxygen atoms in total. The predicted octanol–water partition coefficient (Wildman–Crippen LogP) is 4.52. The number of ether oxygens (including phenoxy) is 2. The van der Waals surface area contributed by atoms with Gasteiger partial charge in [0.25, 0.3) is 0 Å². The minimum Gasteiger partial charge on any atom is -0.379 e. The topological polar surface area (TPSA) is 66.0 Å². The third-order valence-corrected chi connectivity index (χ3v) is 3.58. The molecule has 0 saturated heterocycles. The van der Waals surface area contributed by atoms with E-state index in [1.165, 1.54) is 25.7 Å². The molecule has 0 heterocycles. The third-order valence-electron chi connectivity index (χ3n) is 3.58. The van der Waals surface area contributed by atoms with E-state index in [1.54, 1.807) is 0 Å². The Morgan fingerprint density at radius 1 is 0.955 bits per heavy atom. The van der Waals surface area contributed by atoms with Crippen LogP contribution in [-0.2, 0) is 9.47 Å². The van der Waals surface area contributed by atoms with Gasteiger partial charge in [-0.2, -0.15) is 10.5 Å². The summed E-state index contributed by atoms with van der Waals surface area (Å²) >= 11 is 0. The monoisotopic (exact) mass is 306 g/mol. The molecule has 0 amide bonds. The molecule has 0 atom stereocenters. The van der Waals surface area contributed by atoms with Gasteiger partial charge in [-0.05, 0) is 26.2 Å². The zero-order chi connectivity index (χ0) is 16.5. The average Bonchev–Trinajstić information content (AvgIpc) is 2.55. The first-order valence-corrected chi connectivity index (χ1v) is 8.39. The van der Waals surface area contributed by atoms with Gasteiger partial charge in [0.1, 0.15) is 12.1 Å². The van der Waals surface area contributed by atoms with E-state index in [0.717, 1.165) is 25.7 Å². The maximum absolute atomic E-state index is 9.21. The smallest absolute Gasteiger partial charge is 0.241 e. The number of rotatable bonds is 15. The molecule has 0 N–H and O–H groups in total. The summed E-state index contributed by atoms with van der Waals surface area (Å²) in [5.74, 6) is 0. The summed E-state index contributed by atoms with van der Waals surface area (Å²) in [5.41, 5.74) is -1.30. The second-order valence-corrected chi connectivity index (χ2v) is 5.40. The molecule has 0 rings (SSSR count). The van der Waals surface area contributed by atoms with Crippen LogP contribution in [0.4, 0.5) is 0 Å². The summed E-state index contributed by atoms with van der Waals surface area (Å²) in [6.45, 7) is 6.95. The molecule has 0 bridgehead atoms. The molecule has 22 heavy (non-hydrogen) atoms. The van der Waals surface area contributed by atoms with E-state index >= 15 is 0 Å². The lowest BCUT2D eigenvalue weighted by molar-refractivity contribution is -0.00773. The van der Waals surface area contributed by atoms with Crippen LogP contribution in [0.15, 0.2) is 12.7 Å². The predicted molar refractivity (Wildman–Crippen MR) is 88.2 cm³/mol. The highest BCUT2D eigenvalue weighted by molar-refractivity contribution is 5.17. The molecule has 0 spiro atoms. The first-order chi connectivity index (χ1) is 10.7. The van der Waals surface area contributed by atoms with Crippen LogP contribution in [-0.4, -0.2) is 25.4 Å². The summed E-state index contributed by atoms with van der Waals surface area (Å²) in [4.78, 5) is 0. The van der Waals surface area contributed by atoms with Crippen molar-refractivity contribution in [3.05, 3.63) is 12.7 Å². The van der Waals surface area contributed by atoms with Crippen molar-refractivity contribution >= 4 is 0 Å². The lowest BCUT2D eigenvalue weighted by Gasteiger charge is -2.19. The van der Waals surface area contributed by atoms with Gasteiger partial charge in [0.2, 0.25) is 5.60 Å². The molecule has 0 aliphatic heterocycles. The highest BCUT2D eigenvalue weighted by Crippen LogP contribution is 2.19. The van der Waals surface area contributed by atoms with E-state index in [1.807, 2.05) is 25.1 Å². The van der Waals surface area contributed by atoms with Crippen molar-refractivity contribution in [2.24, 2.45) is 0 Å². The first-order valence-electron chi connectivity index (χ1n) is 8.39. The molecule has 4 heteroatoms. The quantitative estimate of drug-likeness (QED) is 0.329. The summed E-state index contributed by atoms with van der Waals surface area (Å²) < 4.78 is 10.6. The van der Waals surface area contributed by atoms with Crippen molar-refractivity contribution in [3.63, 3.8) is 0 Å². The number of hydrogen-bond donors (Lipinski definition) is 0. The fourth-order valence-electron chi connectivity index (χ4n) is 2.24. The third kappa shape index (κ3) is 10.4. The number of nitriles is 2. The van der Waals surface area contributed by atoms with Gasteiger partial charge in [0.05, 0.1) is 13.2 Å². The van der Waals surface area contributed by atoms with E-state index in [9.17, 15) is 10.5 Å². The molecule has 0 radical (unpaired) electrons. The molecule has 0 saturated carbocycles. The van der Waals surface area contributed by atoms with Crippen molar-refractivity contribution in [3.8, 4) is 12.1 Å². The van der Waals surface area contributed by atoms with Crippen LogP contribution in [0.25, 0.3) is 0 Å². The van der Waals surface area contributed by atoms with E-state index in [0.29, 0.717) is 19.6 Å². The van der Waals surface area contributed by atoms with E-state index < -0.39 is 5.60 Å². The Hall–Kier alpha value is -1.36. The van der Waals surface area contributed by atoms with Gasteiger partial charge in [0.15, 0.2) is 0 Å². The standard InChI is InChI=1S/C18H30N2O2/c1-3-5-6-7-8-9-10-11-12-13-18(16-19,17-20)22-15-14-21-4-2/h3H,1,4-15H2,2H3. The summed E-state index contributed by atoms with van der Waals surface area (Å²) in [5, 5.41) is 18.4. The van der Waals surface area contributed by atoms with Gasteiger partial charge in [-0.1, -0.05) is 38.2 Å².